The maximum atomic E-state index is 2.38. The van der Waals surface area contributed by atoms with Gasteiger partial charge in [-0.15, -0.1) is 0 Å². The minimum Gasteiger partial charge on any atom is -0.0619 e. The average Bonchev–Trinajstić information content (AvgIpc) is 3.41. The summed E-state index contributed by atoms with van der Waals surface area (Å²) in [6, 6.07) is 45.6. The SMILES string of the molecule is Cc1cc(-c2cccc3c2-c2ccccc2C3(C)C)ccc1-c1ccc(-c2cccc3c2-c2ccccc2C3(C)C)cc1C. The molecule has 8 rings (SSSR count). The quantitative estimate of drug-likeness (QED) is 0.200. The van der Waals surface area contributed by atoms with Gasteiger partial charge in [-0.2, -0.15) is 0 Å². The van der Waals surface area contributed by atoms with Crippen molar-refractivity contribution in [2.45, 2.75) is 52.4 Å². The highest BCUT2D eigenvalue weighted by atomic mass is 14.4. The molecule has 2 aliphatic carbocycles. The highest BCUT2D eigenvalue weighted by Crippen LogP contribution is 2.53. The van der Waals surface area contributed by atoms with Gasteiger partial charge in [-0.25, -0.2) is 0 Å². The van der Waals surface area contributed by atoms with Crippen LogP contribution in [0.15, 0.2) is 121 Å². The lowest BCUT2D eigenvalue weighted by molar-refractivity contribution is 0.660. The van der Waals surface area contributed by atoms with Gasteiger partial charge in [0.15, 0.2) is 0 Å². The van der Waals surface area contributed by atoms with E-state index in [0.717, 1.165) is 0 Å². The molecule has 0 radical (unpaired) electrons. The van der Waals surface area contributed by atoms with Crippen LogP contribution in [0.4, 0.5) is 0 Å². The van der Waals surface area contributed by atoms with Gasteiger partial charge >= 0.3 is 0 Å². The van der Waals surface area contributed by atoms with E-state index in [1.807, 2.05) is 0 Å². The lowest BCUT2D eigenvalue weighted by Crippen LogP contribution is -2.14. The molecule has 44 heavy (non-hydrogen) atoms. The molecule has 0 unspecified atom stereocenters. The van der Waals surface area contributed by atoms with Crippen molar-refractivity contribution in [2.24, 2.45) is 0 Å². The number of rotatable bonds is 3. The molecule has 6 aromatic carbocycles. The van der Waals surface area contributed by atoms with Crippen molar-refractivity contribution < 1.29 is 0 Å². The van der Waals surface area contributed by atoms with E-state index in [-0.39, 0.29) is 10.8 Å². The minimum absolute atomic E-state index is 0.00643. The third-order valence-corrected chi connectivity index (χ3v) is 10.6. The van der Waals surface area contributed by atoms with Gasteiger partial charge in [0.25, 0.3) is 0 Å². The molecule has 0 spiro atoms. The topological polar surface area (TPSA) is 0 Å². The Hall–Kier alpha value is -4.68. The van der Waals surface area contributed by atoms with Crippen molar-refractivity contribution in [3.63, 3.8) is 0 Å². The molecule has 0 heterocycles. The third-order valence-electron chi connectivity index (χ3n) is 10.6. The van der Waals surface area contributed by atoms with E-state index in [9.17, 15) is 0 Å². The molecule has 0 bridgehead atoms. The summed E-state index contributed by atoms with van der Waals surface area (Å²) in [5, 5.41) is 0. The molecule has 0 saturated carbocycles. The molecule has 0 aromatic heterocycles. The highest BCUT2D eigenvalue weighted by Gasteiger charge is 2.37. The molecule has 0 N–H and O–H groups in total. The first-order valence-electron chi connectivity index (χ1n) is 15.9. The summed E-state index contributed by atoms with van der Waals surface area (Å²) >= 11 is 0. The lowest BCUT2D eigenvalue weighted by atomic mass is 9.81. The van der Waals surface area contributed by atoms with Crippen LogP contribution in [0, 0.1) is 13.8 Å². The van der Waals surface area contributed by atoms with E-state index in [2.05, 4.69) is 163 Å². The number of fused-ring (bicyclic) bond motifs is 6. The van der Waals surface area contributed by atoms with Crippen LogP contribution in [0.5, 0.6) is 0 Å². The summed E-state index contributed by atoms with van der Waals surface area (Å²) in [5.74, 6) is 0. The van der Waals surface area contributed by atoms with E-state index in [4.69, 9.17) is 0 Å². The normalized spacial score (nSPS) is 15.0. The van der Waals surface area contributed by atoms with Crippen molar-refractivity contribution in [3.05, 3.63) is 155 Å². The fourth-order valence-corrected chi connectivity index (χ4v) is 8.26. The molecule has 2 aliphatic rings. The maximum Gasteiger partial charge on any atom is 0.0159 e. The Kier molecular flexibility index (Phi) is 5.75. The van der Waals surface area contributed by atoms with Crippen molar-refractivity contribution in [3.8, 4) is 55.6 Å². The van der Waals surface area contributed by atoms with E-state index >= 15 is 0 Å². The molecule has 0 saturated heterocycles. The largest absolute Gasteiger partial charge is 0.0619 e. The summed E-state index contributed by atoms with van der Waals surface area (Å²) in [5.41, 5.74) is 21.6. The molecule has 0 atom stereocenters. The van der Waals surface area contributed by atoms with Gasteiger partial charge in [0, 0.05) is 10.8 Å². The average molecular weight is 567 g/mol. The van der Waals surface area contributed by atoms with Crippen LogP contribution >= 0.6 is 0 Å². The summed E-state index contributed by atoms with van der Waals surface area (Å²) in [6.45, 7) is 13.9. The maximum absolute atomic E-state index is 2.38. The van der Waals surface area contributed by atoms with Crippen LogP contribution in [0.1, 0.15) is 61.1 Å². The Morgan fingerprint density at radius 1 is 0.341 bits per heavy atom. The Labute approximate surface area is 262 Å². The molecule has 0 fully saturated rings. The van der Waals surface area contributed by atoms with Crippen molar-refractivity contribution >= 4 is 0 Å². The first-order chi connectivity index (χ1) is 21.2. The molecule has 0 heteroatoms. The van der Waals surface area contributed by atoms with Crippen LogP contribution in [0.3, 0.4) is 0 Å². The van der Waals surface area contributed by atoms with Crippen molar-refractivity contribution in [2.75, 3.05) is 0 Å². The van der Waals surface area contributed by atoms with E-state index in [0.29, 0.717) is 0 Å². The fourth-order valence-electron chi connectivity index (χ4n) is 8.26. The molecule has 214 valence electrons. The van der Waals surface area contributed by atoms with Crippen LogP contribution in [-0.4, -0.2) is 0 Å². The molecule has 0 amide bonds. The van der Waals surface area contributed by atoms with Gasteiger partial charge in [0.05, 0.1) is 0 Å². The zero-order valence-electron chi connectivity index (χ0n) is 26.5. The highest BCUT2D eigenvalue weighted by molar-refractivity contribution is 5.95. The molecule has 6 aromatic rings. The summed E-state index contributed by atoms with van der Waals surface area (Å²) in [4.78, 5) is 0. The number of aryl methyl sites for hydroxylation is 2. The molecule has 0 nitrogen and oxygen atoms in total. The number of hydrogen-bond acceptors (Lipinski definition) is 0. The van der Waals surface area contributed by atoms with Crippen molar-refractivity contribution in [1.82, 2.24) is 0 Å². The second-order valence-electron chi connectivity index (χ2n) is 13.9. The van der Waals surface area contributed by atoms with Crippen LogP contribution in [-0.2, 0) is 10.8 Å². The summed E-state index contributed by atoms with van der Waals surface area (Å²) in [7, 11) is 0. The van der Waals surface area contributed by atoms with Gasteiger partial charge in [-0.05, 0) is 103 Å². The Bertz CT molecular complexity index is 1980. The fraction of sp³-hybridized carbons (Fsp3) is 0.182. The Morgan fingerprint density at radius 2 is 0.705 bits per heavy atom. The lowest BCUT2D eigenvalue weighted by Gasteiger charge is -2.22. The Morgan fingerprint density at radius 3 is 1.11 bits per heavy atom. The van der Waals surface area contributed by atoms with Crippen LogP contribution in [0.2, 0.25) is 0 Å². The summed E-state index contributed by atoms with van der Waals surface area (Å²) in [6.07, 6.45) is 0. The van der Waals surface area contributed by atoms with Gasteiger partial charge in [0.2, 0.25) is 0 Å². The van der Waals surface area contributed by atoms with E-state index < -0.39 is 0 Å². The third kappa shape index (κ3) is 3.70. The molecule has 0 aliphatic heterocycles. The predicted octanol–water partition coefficient (Wildman–Crippen LogP) is 11.9. The van der Waals surface area contributed by atoms with E-state index in [1.54, 1.807) is 0 Å². The first-order valence-corrected chi connectivity index (χ1v) is 15.9. The van der Waals surface area contributed by atoms with Gasteiger partial charge in [-0.1, -0.05) is 149 Å². The molecular weight excluding hydrogens is 528 g/mol. The second-order valence-corrected chi connectivity index (χ2v) is 13.9. The van der Waals surface area contributed by atoms with Gasteiger partial charge < -0.3 is 0 Å². The zero-order chi connectivity index (χ0) is 30.4. The van der Waals surface area contributed by atoms with Crippen LogP contribution in [0.25, 0.3) is 55.6 Å². The predicted molar refractivity (Wildman–Crippen MR) is 187 cm³/mol. The van der Waals surface area contributed by atoms with Gasteiger partial charge in [0.1, 0.15) is 0 Å². The number of benzene rings is 6. The second kappa shape index (κ2) is 9.41. The first kappa shape index (κ1) is 26.9. The molecular formula is C44H38. The zero-order valence-corrected chi connectivity index (χ0v) is 26.5. The van der Waals surface area contributed by atoms with Crippen LogP contribution < -0.4 is 0 Å². The van der Waals surface area contributed by atoms with Gasteiger partial charge in [-0.3, -0.25) is 0 Å². The van der Waals surface area contributed by atoms with E-state index in [1.165, 1.54) is 89.0 Å². The summed E-state index contributed by atoms with van der Waals surface area (Å²) < 4.78 is 0. The Balaban J connectivity index is 1.19. The number of hydrogen-bond donors (Lipinski definition) is 0. The minimum atomic E-state index is 0.00643. The van der Waals surface area contributed by atoms with Crippen molar-refractivity contribution in [1.29, 1.82) is 0 Å². The monoisotopic (exact) mass is 566 g/mol. The smallest absolute Gasteiger partial charge is 0.0159 e. The standard InChI is InChI=1S/C44H38/c1-27-25-29(33-15-11-19-39-41(33)35-13-7-9-17-37(35)43(39,3)4)21-23-31(27)32-24-22-30(26-28(32)2)34-16-12-20-40-42(34)36-14-8-10-18-38(36)44(40,5)6/h7-26H,1-6H3.